The molecule has 108 valence electrons. The third-order valence-electron chi connectivity index (χ3n) is 3.02. The lowest BCUT2D eigenvalue weighted by atomic mass is 10.0. The predicted octanol–water partition coefficient (Wildman–Crippen LogP) is 0.972. The Morgan fingerprint density at radius 2 is 1.95 bits per heavy atom. The monoisotopic (exact) mass is 274 g/mol. The number of carbonyl (C=O) groups is 1. The quantitative estimate of drug-likeness (QED) is 0.832. The summed E-state index contributed by atoms with van der Waals surface area (Å²) in [4.78, 5) is 16.0. The van der Waals surface area contributed by atoms with Crippen molar-refractivity contribution in [3.8, 4) is 11.8 Å². The minimum atomic E-state index is -0.180. The average Bonchev–Trinajstić information content (AvgIpc) is 2.43. The number of likely N-dealkylation sites (N-methyl/N-ethyl adjacent to an activating group) is 2. The van der Waals surface area contributed by atoms with Crippen LogP contribution in [0.4, 0.5) is 0 Å². The largest absolute Gasteiger partial charge is 0.384 e. The lowest BCUT2D eigenvalue weighted by Crippen LogP contribution is -2.33. The van der Waals surface area contributed by atoms with E-state index in [0.717, 1.165) is 17.7 Å². The van der Waals surface area contributed by atoms with E-state index in [4.69, 9.17) is 5.11 Å². The molecule has 1 rings (SSSR count). The summed E-state index contributed by atoms with van der Waals surface area (Å²) in [6, 6.07) is 5.48. The molecule has 0 saturated carbocycles. The Labute approximate surface area is 121 Å². The van der Waals surface area contributed by atoms with E-state index >= 15 is 0 Å². The van der Waals surface area contributed by atoms with Crippen LogP contribution in [0.3, 0.4) is 0 Å². The van der Waals surface area contributed by atoms with Crippen molar-refractivity contribution in [3.63, 3.8) is 0 Å². The van der Waals surface area contributed by atoms with Gasteiger partial charge >= 0.3 is 0 Å². The van der Waals surface area contributed by atoms with E-state index in [1.165, 1.54) is 0 Å². The fraction of sp³-hybridized carbons (Fsp3) is 0.438. The van der Waals surface area contributed by atoms with Crippen LogP contribution in [0.15, 0.2) is 18.2 Å². The molecule has 0 aliphatic heterocycles. The molecule has 0 aromatic heterocycles. The van der Waals surface area contributed by atoms with Crippen molar-refractivity contribution in [2.45, 2.75) is 6.92 Å². The van der Waals surface area contributed by atoms with Gasteiger partial charge in [0.25, 0.3) is 5.91 Å². The second kappa shape index (κ2) is 7.68. The van der Waals surface area contributed by atoms with Gasteiger partial charge in [0.15, 0.2) is 0 Å². The molecule has 0 bridgehead atoms. The second-order valence-electron chi connectivity index (χ2n) is 5.02. The van der Waals surface area contributed by atoms with E-state index in [2.05, 4.69) is 11.8 Å². The van der Waals surface area contributed by atoms with Crippen LogP contribution in [0.25, 0.3) is 0 Å². The molecular weight excluding hydrogens is 252 g/mol. The molecular formula is C16H22N2O2. The number of aryl methyl sites for hydroxylation is 1. The first-order valence-electron chi connectivity index (χ1n) is 6.56. The molecule has 4 heteroatoms. The summed E-state index contributed by atoms with van der Waals surface area (Å²) in [5.41, 5.74) is 2.41. The third-order valence-corrected chi connectivity index (χ3v) is 3.02. The molecule has 1 amide bonds. The van der Waals surface area contributed by atoms with Crippen molar-refractivity contribution < 1.29 is 9.90 Å². The number of hydrogen-bond donors (Lipinski definition) is 1. The van der Waals surface area contributed by atoms with Crippen molar-refractivity contribution in [2.24, 2.45) is 0 Å². The number of nitrogens with zero attached hydrogens (tertiary/aromatic N) is 2. The fourth-order valence-electron chi connectivity index (χ4n) is 1.70. The molecule has 0 heterocycles. The highest BCUT2D eigenvalue weighted by atomic mass is 16.2. The highest BCUT2D eigenvalue weighted by Gasteiger charge is 2.12. The molecule has 0 aliphatic rings. The van der Waals surface area contributed by atoms with Gasteiger partial charge in [0, 0.05) is 31.3 Å². The van der Waals surface area contributed by atoms with Gasteiger partial charge < -0.3 is 14.9 Å². The highest BCUT2D eigenvalue weighted by Crippen LogP contribution is 2.12. The molecule has 20 heavy (non-hydrogen) atoms. The lowest BCUT2D eigenvalue weighted by Gasteiger charge is -2.20. The van der Waals surface area contributed by atoms with E-state index in [9.17, 15) is 4.79 Å². The highest BCUT2D eigenvalue weighted by molar-refractivity contribution is 5.94. The van der Waals surface area contributed by atoms with Crippen LogP contribution in [0.1, 0.15) is 21.5 Å². The van der Waals surface area contributed by atoms with Crippen molar-refractivity contribution >= 4 is 5.91 Å². The maximum atomic E-state index is 12.3. The zero-order valence-corrected chi connectivity index (χ0v) is 12.6. The number of benzene rings is 1. The van der Waals surface area contributed by atoms with Crippen LogP contribution >= 0.6 is 0 Å². The van der Waals surface area contributed by atoms with Crippen LogP contribution in [-0.2, 0) is 0 Å². The summed E-state index contributed by atoms with van der Waals surface area (Å²) in [6.07, 6.45) is 0. The van der Waals surface area contributed by atoms with E-state index in [-0.39, 0.29) is 12.5 Å². The van der Waals surface area contributed by atoms with Crippen LogP contribution in [0.5, 0.6) is 0 Å². The summed E-state index contributed by atoms with van der Waals surface area (Å²) in [7, 11) is 5.75. The number of aliphatic hydroxyl groups excluding tert-OH is 1. The average molecular weight is 274 g/mol. The maximum Gasteiger partial charge on any atom is 0.253 e. The van der Waals surface area contributed by atoms with Crippen LogP contribution in [0.2, 0.25) is 0 Å². The Morgan fingerprint density at radius 3 is 2.55 bits per heavy atom. The zero-order valence-electron chi connectivity index (χ0n) is 12.6. The topological polar surface area (TPSA) is 43.8 Å². The Morgan fingerprint density at radius 1 is 1.25 bits per heavy atom. The summed E-state index contributed by atoms with van der Waals surface area (Å²) in [6.45, 7) is 3.26. The van der Waals surface area contributed by atoms with Crippen LogP contribution in [-0.4, -0.2) is 61.7 Å². The molecule has 0 unspecified atom stereocenters. The standard InChI is InChI=1S/C16H22N2O2/c1-13-7-8-15(12-14(13)6-5-11-19)16(20)18(4)10-9-17(2)3/h7-8,12,19H,9-11H2,1-4H3. The smallest absolute Gasteiger partial charge is 0.253 e. The van der Waals surface area contributed by atoms with Gasteiger partial charge in [-0.2, -0.15) is 0 Å². The number of aliphatic hydroxyl groups is 1. The van der Waals surface area contributed by atoms with Gasteiger partial charge in [-0.05, 0) is 38.7 Å². The fourth-order valence-corrected chi connectivity index (χ4v) is 1.70. The van der Waals surface area contributed by atoms with E-state index in [1.807, 2.05) is 38.1 Å². The SMILES string of the molecule is Cc1ccc(C(=O)N(C)CCN(C)C)cc1C#CCO. The number of carbonyl (C=O) groups excluding carboxylic acids is 1. The molecule has 0 atom stereocenters. The van der Waals surface area contributed by atoms with Crippen LogP contribution < -0.4 is 0 Å². The van der Waals surface area contributed by atoms with E-state index in [0.29, 0.717) is 12.1 Å². The Hall–Kier alpha value is -1.83. The molecule has 1 aromatic rings. The van der Waals surface area contributed by atoms with Gasteiger partial charge in [-0.1, -0.05) is 17.9 Å². The molecule has 1 aromatic carbocycles. The van der Waals surface area contributed by atoms with Gasteiger partial charge in [-0.15, -0.1) is 0 Å². The first kappa shape index (κ1) is 16.2. The Kier molecular flexibility index (Phi) is 6.23. The molecule has 0 spiro atoms. The Bertz CT molecular complexity index is 527. The lowest BCUT2D eigenvalue weighted by molar-refractivity contribution is 0.0786. The van der Waals surface area contributed by atoms with Gasteiger partial charge in [-0.3, -0.25) is 4.79 Å². The second-order valence-corrected chi connectivity index (χ2v) is 5.02. The molecule has 0 radical (unpaired) electrons. The minimum Gasteiger partial charge on any atom is -0.384 e. The first-order valence-corrected chi connectivity index (χ1v) is 6.56. The zero-order chi connectivity index (χ0) is 15.1. The summed E-state index contributed by atoms with van der Waals surface area (Å²) in [5.74, 6) is 5.47. The van der Waals surface area contributed by atoms with Crippen molar-refractivity contribution in [1.82, 2.24) is 9.80 Å². The Balaban J connectivity index is 2.88. The molecule has 0 saturated heterocycles. The van der Waals surface area contributed by atoms with Crippen LogP contribution in [0, 0.1) is 18.8 Å². The van der Waals surface area contributed by atoms with Crippen molar-refractivity contribution in [3.05, 3.63) is 34.9 Å². The van der Waals surface area contributed by atoms with Crippen molar-refractivity contribution in [2.75, 3.05) is 40.8 Å². The normalized spacial score (nSPS) is 10.1. The predicted molar refractivity (Wildman–Crippen MR) is 80.7 cm³/mol. The first-order chi connectivity index (χ1) is 9.45. The molecule has 4 nitrogen and oxygen atoms in total. The minimum absolute atomic E-state index is 0.0149. The van der Waals surface area contributed by atoms with Gasteiger partial charge in [0.1, 0.15) is 6.61 Å². The van der Waals surface area contributed by atoms with Gasteiger partial charge in [0.2, 0.25) is 0 Å². The molecule has 0 aliphatic carbocycles. The van der Waals surface area contributed by atoms with E-state index < -0.39 is 0 Å². The molecule has 0 fully saturated rings. The number of rotatable bonds is 4. The summed E-state index contributed by atoms with van der Waals surface area (Å²) < 4.78 is 0. The summed E-state index contributed by atoms with van der Waals surface area (Å²) in [5, 5.41) is 8.75. The number of amides is 1. The third kappa shape index (κ3) is 4.69. The van der Waals surface area contributed by atoms with Gasteiger partial charge in [-0.25, -0.2) is 0 Å². The summed E-state index contributed by atoms with van der Waals surface area (Å²) >= 11 is 0. The molecule has 1 N–H and O–H groups in total. The van der Waals surface area contributed by atoms with Crippen molar-refractivity contribution in [1.29, 1.82) is 0 Å². The van der Waals surface area contributed by atoms with Gasteiger partial charge in [0.05, 0.1) is 0 Å². The maximum absolute atomic E-state index is 12.3. The van der Waals surface area contributed by atoms with E-state index in [1.54, 1.807) is 18.0 Å². The number of hydrogen-bond acceptors (Lipinski definition) is 3.